The maximum absolute atomic E-state index is 14.0. The number of hydrogen-bond acceptors (Lipinski definition) is 4. The SMILES string of the molecule is CCCNc1nc(N(C)CC2CCN(C)C2)c(F)cc1F. The van der Waals surface area contributed by atoms with Crippen LogP contribution >= 0.6 is 0 Å². The summed E-state index contributed by atoms with van der Waals surface area (Å²) in [4.78, 5) is 8.17. The first-order chi connectivity index (χ1) is 10.0. The van der Waals surface area contributed by atoms with Crippen LogP contribution in [-0.4, -0.2) is 50.2 Å². The Bertz CT molecular complexity index is 481. The van der Waals surface area contributed by atoms with Gasteiger partial charge in [0.05, 0.1) is 0 Å². The number of nitrogens with zero attached hydrogens (tertiary/aromatic N) is 3. The van der Waals surface area contributed by atoms with Crippen molar-refractivity contribution in [3.05, 3.63) is 17.7 Å². The topological polar surface area (TPSA) is 31.4 Å². The predicted molar refractivity (Wildman–Crippen MR) is 81.8 cm³/mol. The Balaban J connectivity index is 2.09. The number of pyridine rings is 1. The summed E-state index contributed by atoms with van der Waals surface area (Å²) in [5, 5.41) is 2.90. The lowest BCUT2D eigenvalue weighted by atomic mass is 10.1. The minimum atomic E-state index is -0.640. The van der Waals surface area contributed by atoms with Crippen molar-refractivity contribution in [2.45, 2.75) is 19.8 Å². The van der Waals surface area contributed by atoms with E-state index in [1.807, 2.05) is 14.0 Å². The number of nitrogens with one attached hydrogen (secondary N) is 1. The third-order valence-electron chi connectivity index (χ3n) is 3.84. The summed E-state index contributed by atoms with van der Waals surface area (Å²) >= 11 is 0. The van der Waals surface area contributed by atoms with Crippen molar-refractivity contribution in [3.8, 4) is 0 Å². The smallest absolute Gasteiger partial charge is 0.168 e. The van der Waals surface area contributed by atoms with E-state index < -0.39 is 11.6 Å². The lowest BCUT2D eigenvalue weighted by Gasteiger charge is -2.23. The number of hydrogen-bond donors (Lipinski definition) is 1. The van der Waals surface area contributed by atoms with Gasteiger partial charge >= 0.3 is 0 Å². The molecule has 1 N–H and O–H groups in total. The average Bonchev–Trinajstić information content (AvgIpc) is 2.83. The molecule has 1 saturated heterocycles. The fraction of sp³-hybridized carbons (Fsp3) is 0.667. The van der Waals surface area contributed by atoms with Crippen LogP contribution in [0.5, 0.6) is 0 Å². The van der Waals surface area contributed by atoms with Gasteiger partial charge in [-0.25, -0.2) is 13.8 Å². The molecule has 21 heavy (non-hydrogen) atoms. The third kappa shape index (κ3) is 4.03. The summed E-state index contributed by atoms with van der Waals surface area (Å²) in [5.41, 5.74) is 0. The van der Waals surface area contributed by atoms with Crippen LogP contribution in [0.3, 0.4) is 0 Å². The van der Waals surface area contributed by atoms with E-state index in [0.717, 1.165) is 38.5 Å². The molecule has 0 spiro atoms. The van der Waals surface area contributed by atoms with E-state index in [9.17, 15) is 8.78 Å². The fourth-order valence-electron chi connectivity index (χ4n) is 2.74. The molecule has 0 bridgehead atoms. The highest BCUT2D eigenvalue weighted by atomic mass is 19.1. The van der Waals surface area contributed by atoms with E-state index in [0.29, 0.717) is 12.5 Å². The van der Waals surface area contributed by atoms with Crippen molar-refractivity contribution in [3.63, 3.8) is 0 Å². The molecule has 1 aromatic heterocycles. The van der Waals surface area contributed by atoms with Gasteiger partial charge in [-0.05, 0) is 32.4 Å². The van der Waals surface area contributed by atoms with Crippen LogP contribution in [0.2, 0.25) is 0 Å². The van der Waals surface area contributed by atoms with Gasteiger partial charge in [0.15, 0.2) is 23.3 Å². The van der Waals surface area contributed by atoms with E-state index in [2.05, 4.69) is 22.2 Å². The van der Waals surface area contributed by atoms with Crippen LogP contribution in [0, 0.1) is 17.6 Å². The van der Waals surface area contributed by atoms with Gasteiger partial charge in [-0.15, -0.1) is 0 Å². The summed E-state index contributed by atoms with van der Waals surface area (Å²) in [6.07, 6.45) is 1.96. The lowest BCUT2D eigenvalue weighted by molar-refractivity contribution is 0.395. The van der Waals surface area contributed by atoms with E-state index >= 15 is 0 Å². The van der Waals surface area contributed by atoms with Crippen molar-refractivity contribution in [1.82, 2.24) is 9.88 Å². The third-order valence-corrected chi connectivity index (χ3v) is 3.84. The van der Waals surface area contributed by atoms with Crippen molar-refractivity contribution in [1.29, 1.82) is 0 Å². The second-order valence-electron chi connectivity index (χ2n) is 5.85. The zero-order valence-corrected chi connectivity index (χ0v) is 13.0. The van der Waals surface area contributed by atoms with Crippen molar-refractivity contribution in [2.24, 2.45) is 5.92 Å². The van der Waals surface area contributed by atoms with Gasteiger partial charge < -0.3 is 15.1 Å². The first-order valence-electron chi connectivity index (χ1n) is 7.50. The van der Waals surface area contributed by atoms with Gasteiger partial charge in [0.2, 0.25) is 0 Å². The molecule has 1 aliphatic rings. The maximum atomic E-state index is 14.0. The molecule has 0 amide bonds. The van der Waals surface area contributed by atoms with E-state index in [1.165, 1.54) is 0 Å². The van der Waals surface area contributed by atoms with Gasteiger partial charge in [-0.1, -0.05) is 6.92 Å². The number of anilines is 2. The largest absolute Gasteiger partial charge is 0.368 e. The fourth-order valence-corrected chi connectivity index (χ4v) is 2.74. The highest BCUT2D eigenvalue weighted by Crippen LogP contribution is 2.24. The Morgan fingerprint density at radius 3 is 2.81 bits per heavy atom. The molecule has 4 nitrogen and oxygen atoms in total. The normalized spacial score (nSPS) is 19.0. The lowest BCUT2D eigenvalue weighted by Crippen LogP contribution is -2.29. The molecule has 2 heterocycles. The van der Waals surface area contributed by atoms with Crippen LogP contribution in [0.4, 0.5) is 20.4 Å². The number of likely N-dealkylation sites (tertiary alicyclic amines) is 1. The van der Waals surface area contributed by atoms with Crippen LogP contribution in [0.15, 0.2) is 6.07 Å². The summed E-state index contributed by atoms with van der Waals surface area (Å²) in [6.45, 7) is 5.41. The highest BCUT2D eigenvalue weighted by molar-refractivity contribution is 5.49. The molecule has 6 heteroatoms. The molecular formula is C15H24F2N4. The zero-order valence-electron chi connectivity index (χ0n) is 13.0. The second-order valence-corrected chi connectivity index (χ2v) is 5.85. The number of rotatable bonds is 6. The van der Waals surface area contributed by atoms with E-state index in [-0.39, 0.29) is 11.6 Å². The number of aromatic nitrogens is 1. The van der Waals surface area contributed by atoms with E-state index in [4.69, 9.17) is 0 Å². The van der Waals surface area contributed by atoms with E-state index in [1.54, 1.807) is 4.90 Å². The van der Waals surface area contributed by atoms with Gasteiger partial charge in [-0.2, -0.15) is 0 Å². The molecule has 118 valence electrons. The monoisotopic (exact) mass is 298 g/mol. The molecule has 0 saturated carbocycles. The first kappa shape index (κ1) is 15.9. The Kier molecular flexibility index (Phi) is 5.33. The molecule has 1 fully saturated rings. The van der Waals surface area contributed by atoms with Crippen molar-refractivity contribution < 1.29 is 8.78 Å². The predicted octanol–water partition coefficient (Wildman–Crippen LogP) is 2.57. The van der Waals surface area contributed by atoms with Crippen LogP contribution in [0.25, 0.3) is 0 Å². The first-order valence-corrected chi connectivity index (χ1v) is 7.50. The molecule has 1 aliphatic heterocycles. The molecular weight excluding hydrogens is 274 g/mol. The Morgan fingerprint density at radius 2 is 2.19 bits per heavy atom. The molecule has 1 unspecified atom stereocenters. The Hall–Kier alpha value is -1.43. The van der Waals surface area contributed by atoms with Crippen molar-refractivity contribution in [2.75, 3.05) is 50.5 Å². The van der Waals surface area contributed by atoms with Gasteiger partial charge in [-0.3, -0.25) is 0 Å². The van der Waals surface area contributed by atoms with Crippen molar-refractivity contribution >= 4 is 11.6 Å². The number of halogens is 2. The van der Waals surface area contributed by atoms with Crippen LogP contribution in [-0.2, 0) is 0 Å². The maximum Gasteiger partial charge on any atom is 0.168 e. The Labute approximate surface area is 125 Å². The minimum absolute atomic E-state index is 0.128. The molecule has 0 aromatic carbocycles. The second kappa shape index (κ2) is 7.02. The molecule has 1 aromatic rings. The van der Waals surface area contributed by atoms with Gasteiger partial charge in [0.1, 0.15) is 0 Å². The molecule has 0 radical (unpaired) electrons. The van der Waals surface area contributed by atoms with Gasteiger partial charge in [0, 0.05) is 32.7 Å². The zero-order chi connectivity index (χ0) is 15.4. The standard InChI is InChI=1S/C15H24F2N4/c1-4-6-18-14-12(16)8-13(17)15(19-14)21(3)10-11-5-7-20(2)9-11/h8,11H,4-7,9-10H2,1-3H3,(H,18,19). The summed E-state index contributed by atoms with van der Waals surface area (Å²) in [5.74, 6) is -0.409. The molecule has 0 aliphatic carbocycles. The van der Waals surface area contributed by atoms with Crippen LogP contribution in [0.1, 0.15) is 19.8 Å². The van der Waals surface area contributed by atoms with Gasteiger partial charge in [0.25, 0.3) is 0 Å². The summed E-state index contributed by atoms with van der Waals surface area (Å²) < 4.78 is 27.7. The molecule has 2 rings (SSSR count). The molecule has 1 atom stereocenters. The average molecular weight is 298 g/mol. The van der Waals surface area contributed by atoms with Crippen LogP contribution < -0.4 is 10.2 Å². The minimum Gasteiger partial charge on any atom is -0.368 e. The Morgan fingerprint density at radius 1 is 1.43 bits per heavy atom. The quantitative estimate of drug-likeness (QED) is 0.874. The highest BCUT2D eigenvalue weighted by Gasteiger charge is 2.23. The summed E-state index contributed by atoms with van der Waals surface area (Å²) in [6, 6.07) is 0.914. The summed E-state index contributed by atoms with van der Waals surface area (Å²) in [7, 11) is 3.90.